The van der Waals surface area contributed by atoms with Crippen molar-refractivity contribution in [1.82, 2.24) is 14.6 Å². The monoisotopic (exact) mass is 561 g/mol. The molecule has 1 saturated heterocycles. The van der Waals surface area contributed by atoms with Gasteiger partial charge < -0.3 is 14.0 Å². The Kier molecular flexibility index (Phi) is 7.99. The molecular weight excluding hydrogens is 532 g/mol. The molecule has 11 nitrogen and oxygen atoms in total. The molecule has 0 radical (unpaired) electrons. The van der Waals surface area contributed by atoms with Gasteiger partial charge in [0.05, 0.1) is 25.5 Å². The molecule has 13 heteroatoms. The SMILES string of the molecule is C[C@H](NP(=O)(OC[C@@H]1CC[C@H](n2cc(F)c(=O)[nH]c2=O)O1)Oc1cccc2ccccc12)C(=O)OCC1CC1. The van der Waals surface area contributed by atoms with Crippen molar-refractivity contribution in [3.8, 4) is 5.75 Å². The largest absolute Gasteiger partial charge is 0.464 e. The van der Waals surface area contributed by atoms with Crippen LogP contribution in [-0.4, -0.2) is 40.9 Å². The number of aromatic amines is 1. The van der Waals surface area contributed by atoms with E-state index in [9.17, 15) is 23.3 Å². The highest BCUT2D eigenvalue weighted by Crippen LogP contribution is 2.47. The molecule has 1 saturated carbocycles. The summed E-state index contributed by atoms with van der Waals surface area (Å²) in [5.74, 6) is -1.03. The Hall–Kier alpha value is -3.31. The van der Waals surface area contributed by atoms with Crippen LogP contribution in [0.3, 0.4) is 0 Å². The van der Waals surface area contributed by atoms with Crippen LogP contribution in [0.4, 0.5) is 4.39 Å². The smallest absolute Gasteiger partial charge is 0.459 e. The first-order valence-electron chi connectivity index (χ1n) is 12.7. The number of nitrogens with zero attached hydrogens (tertiary/aromatic N) is 1. The molecule has 2 N–H and O–H groups in total. The quantitative estimate of drug-likeness (QED) is 0.265. The lowest BCUT2D eigenvalue weighted by Crippen LogP contribution is -2.36. The summed E-state index contributed by atoms with van der Waals surface area (Å²) in [7, 11) is -4.16. The summed E-state index contributed by atoms with van der Waals surface area (Å²) < 4.78 is 51.5. The molecule has 1 aliphatic carbocycles. The van der Waals surface area contributed by atoms with E-state index in [1.807, 2.05) is 35.3 Å². The van der Waals surface area contributed by atoms with Crippen molar-refractivity contribution >= 4 is 24.5 Å². The van der Waals surface area contributed by atoms with Crippen LogP contribution < -0.4 is 20.9 Å². The maximum absolute atomic E-state index is 14.0. The lowest BCUT2D eigenvalue weighted by atomic mass is 10.1. The highest BCUT2D eigenvalue weighted by Gasteiger charge is 2.36. The summed E-state index contributed by atoms with van der Waals surface area (Å²) in [5.41, 5.74) is -1.92. The van der Waals surface area contributed by atoms with E-state index in [-0.39, 0.29) is 6.61 Å². The Bertz CT molecular complexity index is 1520. The van der Waals surface area contributed by atoms with Crippen molar-refractivity contribution in [3.05, 3.63) is 75.3 Å². The van der Waals surface area contributed by atoms with Crippen LogP contribution in [0, 0.1) is 11.7 Å². The number of nitrogens with one attached hydrogen (secondary N) is 2. The zero-order valence-electron chi connectivity index (χ0n) is 21.2. The van der Waals surface area contributed by atoms with Crippen molar-refractivity contribution in [3.63, 3.8) is 0 Å². The highest BCUT2D eigenvalue weighted by atomic mass is 31.2. The summed E-state index contributed by atoms with van der Waals surface area (Å²) >= 11 is 0. The van der Waals surface area contributed by atoms with Gasteiger partial charge in [-0.25, -0.2) is 9.36 Å². The standard InChI is InChI=1S/C26H29FN3O8P/c1-16(25(32)35-14-17-9-10-17)29-39(34,38-22-8-4-6-18-5-2-3-7-20(18)22)36-15-19-11-12-23(37-19)30-13-21(27)24(31)28-26(30)33/h2-8,13,16-17,19,23H,9-12,14-15H2,1H3,(H,29,34)(H,28,31,33)/t16-,19-,23+,39?/m0/s1. The molecular formula is C26H29FN3O8P. The third kappa shape index (κ3) is 6.65. The maximum Gasteiger partial charge on any atom is 0.459 e. The van der Waals surface area contributed by atoms with Crippen molar-refractivity contribution in [2.24, 2.45) is 5.92 Å². The predicted molar refractivity (Wildman–Crippen MR) is 139 cm³/mol. The second kappa shape index (κ2) is 11.4. The minimum Gasteiger partial charge on any atom is -0.464 e. The number of carbonyl (C=O) groups is 1. The Labute approximate surface area is 222 Å². The number of H-pyrrole nitrogens is 1. The molecule has 1 unspecified atom stereocenters. The molecule has 2 aliphatic rings. The van der Waals surface area contributed by atoms with Gasteiger partial charge in [0, 0.05) is 5.39 Å². The molecule has 1 aliphatic heterocycles. The molecule has 5 rings (SSSR count). The van der Waals surface area contributed by atoms with Crippen molar-refractivity contribution in [1.29, 1.82) is 0 Å². The summed E-state index contributed by atoms with van der Waals surface area (Å²) in [6.45, 7) is 1.61. The summed E-state index contributed by atoms with van der Waals surface area (Å²) in [6, 6.07) is 11.7. The second-order valence-corrected chi connectivity index (χ2v) is 11.4. The van der Waals surface area contributed by atoms with Crippen LogP contribution in [0.1, 0.15) is 38.8 Å². The second-order valence-electron chi connectivity index (χ2n) is 9.72. The molecule has 0 bridgehead atoms. The van der Waals surface area contributed by atoms with Crippen LogP contribution in [0.15, 0.2) is 58.3 Å². The average Bonchev–Trinajstić information content (AvgIpc) is 3.63. The van der Waals surface area contributed by atoms with Gasteiger partial charge in [-0.15, -0.1) is 0 Å². The van der Waals surface area contributed by atoms with Crippen molar-refractivity contribution in [2.75, 3.05) is 13.2 Å². The van der Waals surface area contributed by atoms with Crippen LogP contribution in [0.2, 0.25) is 0 Å². The molecule has 2 aromatic carbocycles. The van der Waals surface area contributed by atoms with Crippen LogP contribution in [0.25, 0.3) is 10.8 Å². The van der Waals surface area contributed by atoms with Gasteiger partial charge in [0.15, 0.2) is 0 Å². The normalized spacial score (nSPS) is 21.4. The van der Waals surface area contributed by atoms with E-state index in [4.69, 9.17) is 18.5 Å². The van der Waals surface area contributed by atoms with Crippen LogP contribution in [0.5, 0.6) is 5.75 Å². The fourth-order valence-electron chi connectivity index (χ4n) is 4.26. The number of benzene rings is 2. The van der Waals surface area contributed by atoms with E-state index in [1.54, 1.807) is 12.1 Å². The third-order valence-electron chi connectivity index (χ3n) is 6.58. The first kappa shape index (κ1) is 27.3. The maximum atomic E-state index is 14.0. The zero-order valence-corrected chi connectivity index (χ0v) is 22.1. The lowest BCUT2D eigenvalue weighted by molar-refractivity contribution is -0.145. The number of aromatic nitrogens is 2. The van der Waals surface area contributed by atoms with E-state index in [1.165, 1.54) is 6.92 Å². The van der Waals surface area contributed by atoms with Gasteiger partial charge in [-0.3, -0.25) is 23.7 Å². The van der Waals surface area contributed by atoms with Gasteiger partial charge in [-0.1, -0.05) is 36.4 Å². The van der Waals surface area contributed by atoms with Crippen molar-refractivity contribution in [2.45, 2.75) is 51.0 Å². The van der Waals surface area contributed by atoms with E-state index >= 15 is 0 Å². The fraction of sp³-hybridized carbons (Fsp3) is 0.423. The predicted octanol–water partition coefficient (Wildman–Crippen LogP) is 3.64. The number of hydrogen-bond acceptors (Lipinski definition) is 8. The van der Waals surface area contributed by atoms with E-state index in [0.717, 1.165) is 29.0 Å². The number of carbonyl (C=O) groups excluding carboxylic acids is 1. The van der Waals surface area contributed by atoms with E-state index < -0.39 is 49.2 Å². The first-order valence-corrected chi connectivity index (χ1v) is 14.3. The van der Waals surface area contributed by atoms with Gasteiger partial charge in [0.25, 0.3) is 5.56 Å². The van der Waals surface area contributed by atoms with E-state index in [0.29, 0.717) is 36.5 Å². The fourth-order valence-corrected chi connectivity index (χ4v) is 5.80. The zero-order chi connectivity index (χ0) is 27.6. The van der Waals surface area contributed by atoms with E-state index in [2.05, 4.69) is 5.09 Å². The molecule has 2 heterocycles. The molecule has 0 amide bonds. The Morgan fingerprint density at radius 3 is 2.72 bits per heavy atom. The minimum atomic E-state index is -4.16. The van der Waals surface area contributed by atoms with Gasteiger partial charge in [-0.2, -0.15) is 9.48 Å². The summed E-state index contributed by atoms with van der Waals surface area (Å²) in [5, 5.41) is 4.24. The lowest BCUT2D eigenvalue weighted by Gasteiger charge is -2.24. The number of rotatable bonds is 11. The molecule has 0 spiro atoms. The van der Waals surface area contributed by atoms with Crippen LogP contribution in [-0.2, 0) is 23.4 Å². The molecule has 4 atom stereocenters. The molecule has 1 aromatic heterocycles. The van der Waals surface area contributed by atoms with Gasteiger partial charge in [0.1, 0.15) is 18.0 Å². The summed E-state index contributed by atoms with van der Waals surface area (Å²) in [6.07, 6.45) is 2.07. The average molecular weight is 562 g/mol. The number of hydrogen-bond donors (Lipinski definition) is 2. The number of halogens is 1. The van der Waals surface area contributed by atoms with Crippen LogP contribution >= 0.6 is 7.75 Å². The summed E-state index contributed by atoms with van der Waals surface area (Å²) in [4.78, 5) is 37.9. The molecule has 3 aromatic rings. The topological polar surface area (TPSA) is 138 Å². The molecule has 208 valence electrons. The Morgan fingerprint density at radius 2 is 1.92 bits per heavy atom. The van der Waals surface area contributed by atoms with Crippen molar-refractivity contribution < 1.29 is 32.3 Å². The number of ether oxygens (including phenoxy) is 2. The molecule has 2 fully saturated rings. The Morgan fingerprint density at radius 1 is 1.15 bits per heavy atom. The molecule has 39 heavy (non-hydrogen) atoms. The van der Waals surface area contributed by atoms with Gasteiger partial charge >= 0.3 is 19.4 Å². The number of esters is 1. The first-order chi connectivity index (χ1) is 18.7. The Balaban J connectivity index is 1.30. The van der Waals surface area contributed by atoms with Gasteiger partial charge in [-0.05, 0) is 50.0 Å². The minimum absolute atomic E-state index is 0.212. The third-order valence-corrected chi connectivity index (χ3v) is 8.21. The number of fused-ring (bicyclic) bond motifs is 1. The highest BCUT2D eigenvalue weighted by molar-refractivity contribution is 7.52. The van der Waals surface area contributed by atoms with Gasteiger partial charge in [0.2, 0.25) is 5.82 Å².